The topological polar surface area (TPSA) is 29.1 Å². The van der Waals surface area contributed by atoms with Crippen LogP contribution >= 0.6 is 27.7 Å². The highest BCUT2D eigenvalue weighted by Gasteiger charge is 2.15. The lowest BCUT2D eigenvalue weighted by Crippen LogP contribution is -2.23. The summed E-state index contributed by atoms with van der Waals surface area (Å²) in [5, 5.41) is 2.99. The molecule has 2 rings (SSSR count). The maximum atomic E-state index is 12.4. The number of aryl methyl sites for hydroxylation is 3. The molecule has 0 heterocycles. The van der Waals surface area contributed by atoms with Gasteiger partial charge in [0.25, 0.3) is 0 Å². The van der Waals surface area contributed by atoms with Crippen molar-refractivity contribution in [3.8, 4) is 0 Å². The molecule has 1 amide bonds. The van der Waals surface area contributed by atoms with E-state index in [1.807, 2.05) is 32.9 Å². The molecule has 0 aliphatic rings. The fourth-order valence-electron chi connectivity index (χ4n) is 2.48. The minimum absolute atomic E-state index is 0.0576. The molecule has 2 nitrogen and oxygen atoms in total. The van der Waals surface area contributed by atoms with Gasteiger partial charge in [-0.2, -0.15) is 0 Å². The van der Waals surface area contributed by atoms with Gasteiger partial charge >= 0.3 is 0 Å². The van der Waals surface area contributed by atoms with Crippen LogP contribution in [0.3, 0.4) is 0 Å². The molecule has 0 saturated carbocycles. The van der Waals surface area contributed by atoms with E-state index in [1.165, 1.54) is 11.1 Å². The Kier molecular flexibility index (Phi) is 6.31. The van der Waals surface area contributed by atoms with Gasteiger partial charge in [-0.05, 0) is 56.5 Å². The van der Waals surface area contributed by atoms with E-state index in [1.54, 1.807) is 11.8 Å². The molecule has 0 radical (unpaired) electrons. The Hall–Kier alpha value is -1.26. The number of thioether (sulfide) groups is 1. The molecular formula is C19H22BrNOS. The fraction of sp³-hybridized carbons (Fsp3) is 0.316. The monoisotopic (exact) mass is 391 g/mol. The van der Waals surface area contributed by atoms with Gasteiger partial charge in [0.05, 0.1) is 5.25 Å². The zero-order valence-electron chi connectivity index (χ0n) is 13.9. The maximum Gasteiger partial charge on any atom is 0.237 e. The number of anilines is 1. The van der Waals surface area contributed by atoms with Gasteiger partial charge in [-0.3, -0.25) is 4.79 Å². The van der Waals surface area contributed by atoms with Crippen molar-refractivity contribution in [2.24, 2.45) is 0 Å². The van der Waals surface area contributed by atoms with Gasteiger partial charge in [0.15, 0.2) is 0 Å². The van der Waals surface area contributed by atoms with Crippen LogP contribution in [0.5, 0.6) is 0 Å². The van der Waals surface area contributed by atoms with Gasteiger partial charge in [-0.1, -0.05) is 45.8 Å². The molecule has 0 spiro atoms. The first-order chi connectivity index (χ1) is 10.9. The highest BCUT2D eigenvalue weighted by atomic mass is 79.9. The van der Waals surface area contributed by atoms with Crippen molar-refractivity contribution >= 4 is 39.3 Å². The Morgan fingerprint density at radius 3 is 2.26 bits per heavy atom. The van der Waals surface area contributed by atoms with E-state index >= 15 is 0 Å². The average molecular weight is 392 g/mol. The Bertz CT molecular complexity index is 674. The summed E-state index contributed by atoms with van der Waals surface area (Å²) < 4.78 is 1.07. The van der Waals surface area contributed by atoms with Crippen LogP contribution in [-0.4, -0.2) is 11.2 Å². The molecule has 4 heteroatoms. The summed E-state index contributed by atoms with van der Waals surface area (Å²) in [7, 11) is 0. The molecular weight excluding hydrogens is 370 g/mol. The summed E-state index contributed by atoms with van der Waals surface area (Å²) >= 11 is 5.08. The van der Waals surface area contributed by atoms with Crippen LogP contribution in [0.15, 0.2) is 40.9 Å². The highest BCUT2D eigenvalue weighted by molar-refractivity contribution is 9.10. The number of carbonyl (C=O) groups is 1. The fourth-order valence-corrected chi connectivity index (χ4v) is 3.59. The molecule has 0 aromatic heterocycles. The maximum absolute atomic E-state index is 12.4. The molecule has 1 N–H and O–H groups in total. The number of halogens is 1. The van der Waals surface area contributed by atoms with Crippen molar-refractivity contribution in [3.05, 3.63) is 63.1 Å². The van der Waals surface area contributed by atoms with E-state index in [2.05, 4.69) is 52.4 Å². The lowest BCUT2D eigenvalue weighted by molar-refractivity contribution is -0.115. The van der Waals surface area contributed by atoms with Crippen LogP contribution in [0.2, 0.25) is 0 Å². The van der Waals surface area contributed by atoms with Crippen molar-refractivity contribution < 1.29 is 4.79 Å². The first-order valence-electron chi connectivity index (χ1n) is 7.61. The standard InChI is InChI=1S/C19H22BrNOS/c1-12-9-13(2)18(14(3)10-12)21-19(22)15(4)23-11-16-5-7-17(20)8-6-16/h5-10,15H,11H2,1-4H3,(H,21,22)/t15-/m0/s1. The van der Waals surface area contributed by atoms with Crippen LogP contribution in [-0.2, 0) is 10.5 Å². The SMILES string of the molecule is Cc1cc(C)c(NC(=O)[C@H](C)SCc2ccc(Br)cc2)c(C)c1. The molecule has 0 fully saturated rings. The third kappa shape index (κ3) is 5.11. The highest BCUT2D eigenvalue weighted by Crippen LogP contribution is 2.24. The summed E-state index contributed by atoms with van der Waals surface area (Å²) in [5.74, 6) is 0.885. The number of rotatable bonds is 5. The molecule has 2 aromatic carbocycles. The van der Waals surface area contributed by atoms with E-state index < -0.39 is 0 Å². The minimum Gasteiger partial charge on any atom is -0.325 e. The summed E-state index contributed by atoms with van der Waals surface area (Å²) in [6, 6.07) is 12.4. The first-order valence-corrected chi connectivity index (χ1v) is 9.45. The summed E-state index contributed by atoms with van der Waals surface area (Å²) in [5.41, 5.74) is 5.61. The second-order valence-electron chi connectivity index (χ2n) is 5.84. The molecule has 0 aliphatic heterocycles. The number of hydrogen-bond acceptors (Lipinski definition) is 2. The number of nitrogens with one attached hydrogen (secondary N) is 1. The number of benzene rings is 2. The molecule has 1 atom stereocenters. The Morgan fingerprint density at radius 1 is 1.13 bits per heavy atom. The molecule has 122 valence electrons. The van der Waals surface area contributed by atoms with Crippen molar-refractivity contribution in [3.63, 3.8) is 0 Å². The second-order valence-corrected chi connectivity index (χ2v) is 8.09. The summed E-state index contributed by atoms with van der Waals surface area (Å²) in [6.45, 7) is 8.10. The van der Waals surface area contributed by atoms with Gasteiger partial charge in [-0.25, -0.2) is 0 Å². The molecule has 0 unspecified atom stereocenters. The Morgan fingerprint density at radius 2 is 1.70 bits per heavy atom. The predicted molar refractivity (Wildman–Crippen MR) is 104 cm³/mol. The lowest BCUT2D eigenvalue weighted by Gasteiger charge is -2.16. The van der Waals surface area contributed by atoms with Gasteiger partial charge in [-0.15, -0.1) is 11.8 Å². The number of amides is 1. The van der Waals surface area contributed by atoms with Gasteiger partial charge in [0, 0.05) is 15.9 Å². The number of hydrogen-bond donors (Lipinski definition) is 1. The van der Waals surface area contributed by atoms with Crippen LogP contribution in [0.25, 0.3) is 0 Å². The van der Waals surface area contributed by atoms with Crippen LogP contribution in [0.1, 0.15) is 29.2 Å². The van der Waals surface area contributed by atoms with Crippen molar-refractivity contribution in [1.82, 2.24) is 0 Å². The minimum atomic E-state index is -0.0984. The molecule has 0 saturated heterocycles. The van der Waals surface area contributed by atoms with Crippen molar-refractivity contribution in [2.45, 2.75) is 38.7 Å². The molecule has 23 heavy (non-hydrogen) atoms. The summed E-state index contributed by atoms with van der Waals surface area (Å²) in [4.78, 5) is 12.4. The Labute approximate surface area is 151 Å². The molecule has 2 aromatic rings. The Balaban J connectivity index is 1.96. The zero-order chi connectivity index (χ0) is 17.0. The van der Waals surface area contributed by atoms with Crippen LogP contribution in [0, 0.1) is 20.8 Å². The van der Waals surface area contributed by atoms with E-state index in [-0.39, 0.29) is 11.2 Å². The molecule has 0 aliphatic carbocycles. The first kappa shape index (κ1) is 18.1. The average Bonchev–Trinajstić information content (AvgIpc) is 2.49. The zero-order valence-corrected chi connectivity index (χ0v) is 16.3. The third-order valence-corrected chi connectivity index (χ3v) is 5.45. The van der Waals surface area contributed by atoms with Crippen LogP contribution in [0.4, 0.5) is 5.69 Å². The van der Waals surface area contributed by atoms with E-state index in [0.29, 0.717) is 0 Å². The van der Waals surface area contributed by atoms with E-state index in [9.17, 15) is 4.79 Å². The third-order valence-electron chi connectivity index (χ3n) is 3.71. The van der Waals surface area contributed by atoms with Gasteiger partial charge in [0.1, 0.15) is 0 Å². The normalized spacial score (nSPS) is 12.0. The summed E-state index contributed by atoms with van der Waals surface area (Å²) in [6.07, 6.45) is 0. The lowest BCUT2D eigenvalue weighted by atomic mass is 10.1. The van der Waals surface area contributed by atoms with E-state index in [4.69, 9.17) is 0 Å². The predicted octanol–water partition coefficient (Wildman–Crippen LogP) is 5.63. The van der Waals surface area contributed by atoms with Gasteiger partial charge in [0.2, 0.25) is 5.91 Å². The van der Waals surface area contributed by atoms with Crippen LogP contribution < -0.4 is 5.32 Å². The number of carbonyl (C=O) groups excluding carboxylic acids is 1. The van der Waals surface area contributed by atoms with Crippen molar-refractivity contribution in [2.75, 3.05) is 5.32 Å². The largest absolute Gasteiger partial charge is 0.325 e. The van der Waals surface area contributed by atoms with Gasteiger partial charge < -0.3 is 5.32 Å². The molecule has 0 bridgehead atoms. The smallest absolute Gasteiger partial charge is 0.237 e. The quantitative estimate of drug-likeness (QED) is 0.714. The van der Waals surface area contributed by atoms with E-state index in [0.717, 1.165) is 27.0 Å². The second kappa shape index (κ2) is 8.02. The van der Waals surface area contributed by atoms with Crippen molar-refractivity contribution in [1.29, 1.82) is 0 Å².